The molecule has 2 aliphatic carbocycles. The van der Waals surface area contributed by atoms with Gasteiger partial charge in [0.15, 0.2) is 0 Å². The monoisotopic (exact) mass is 1130 g/mol. The molecule has 85 heavy (non-hydrogen) atoms. The minimum Gasteiger partial charge on any atom is -0.309 e. The van der Waals surface area contributed by atoms with E-state index in [4.69, 9.17) is 0 Å². The largest absolute Gasteiger partial charge is 0.309 e. The summed E-state index contributed by atoms with van der Waals surface area (Å²) < 4.78 is 4.83. The molecule has 1 spiro atoms. The Balaban J connectivity index is 0.711. The van der Waals surface area contributed by atoms with Crippen molar-refractivity contribution in [3.05, 3.63) is 297 Å². The topological polar surface area (TPSA) is 9.86 Å². The van der Waals surface area contributed by atoms with E-state index in [1.165, 1.54) is 152 Å². The van der Waals surface area contributed by atoms with Gasteiger partial charge in [-0.15, -0.1) is 22.7 Å². The fourth-order valence-corrected chi connectivity index (χ4v) is 15.8. The zero-order chi connectivity index (χ0) is 57.3. The van der Waals surface area contributed by atoms with Gasteiger partial charge >= 0.3 is 0 Å². The molecule has 408 valence electrons. The number of rotatable bonds is 8. The minimum absolute atomic E-state index is 0.100. The molecular weight excluding hydrogens is 1070 g/mol. The number of aromatic nitrogens is 2. The van der Waals surface area contributed by atoms with Gasteiger partial charge in [0.05, 0.1) is 27.5 Å². The first-order valence-electron chi connectivity index (χ1n) is 29.7. The molecule has 0 radical (unpaired) electrons. The molecule has 0 fully saturated rings. The molecule has 2 aliphatic rings. The summed E-state index contributed by atoms with van der Waals surface area (Å²) in [5, 5.41) is 5.08. The van der Waals surface area contributed by atoms with Crippen LogP contribution < -0.4 is 0 Å². The number of hydrogen-bond acceptors (Lipinski definition) is 2. The first-order chi connectivity index (χ1) is 41.4. The van der Waals surface area contributed by atoms with Crippen molar-refractivity contribution in [3.8, 4) is 54.5 Å². The van der Waals surface area contributed by atoms with E-state index in [-0.39, 0.29) is 10.8 Å². The predicted molar refractivity (Wildman–Crippen MR) is 366 cm³/mol. The summed E-state index contributed by atoms with van der Waals surface area (Å²) in [6.45, 7) is 13.6. The highest BCUT2D eigenvalue weighted by atomic mass is 32.1. The van der Waals surface area contributed by atoms with Crippen molar-refractivity contribution in [3.63, 3.8) is 0 Å². The summed E-state index contributed by atoms with van der Waals surface area (Å²) in [5.41, 5.74) is 25.1. The highest BCUT2D eigenvalue weighted by Gasteiger charge is 2.51. The minimum atomic E-state index is -0.465. The van der Waals surface area contributed by atoms with Gasteiger partial charge in [-0.1, -0.05) is 199 Å². The molecule has 2 nitrogen and oxygen atoms in total. The van der Waals surface area contributed by atoms with Crippen LogP contribution in [0.2, 0.25) is 0 Å². The molecule has 10 aromatic carbocycles. The van der Waals surface area contributed by atoms with Crippen molar-refractivity contribution in [1.82, 2.24) is 9.13 Å². The van der Waals surface area contributed by atoms with Crippen LogP contribution in [0.5, 0.6) is 0 Å². The average molecular weight is 1130 g/mol. The van der Waals surface area contributed by atoms with Crippen LogP contribution in [0.15, 0.2) is 243 Å². The van der Waals surface area contributed by atoms with E-state index >= 15 is 0 Å². The van der Waals surface area contributed by atoms with Crippen molar-refractivity contribution >= 4 is 90.6 Å². The quantitative estimate of drug-likeness (QED) is 0.144. The fraction of sp³-hybridized carbons (Fsp3) is 0.111. The number of fused-ring (bicyclic) bond motifs is 16. The summed E-state index contributed by atoms with van der Waals surface area (Å²) in [7, 11) is 0. The zero-order valence-electron chi connectivity index (χ0n) is 48.6. The second-order valence-corrected chi connectivity index (χ2v) is 27.5. The Labute approximate surface area is 505 Å². The molecule has 0 saturated heterocycles. The normalized spacial score (nSPS) is 13.5. The number of benzene rings is 10. The van der Waals surface area contributed by atoms with Crippen LogP contribution in [0, 0.1) is 0 Å². The molecular formula is C81H62N2S2. The van der Waals surface area contributed by atoms with Crippen molar-refractivity contribution in [2.24, 2.45) is 0 Å². The fourth-order valence-electron chi connectivity index (χ4n) is 14.0. The molecule has 16 rings (SSSR count). The van der Waals surface area contributed by atoms with E-state index in [2.05, 4.69) is 318 Å². The van der Waals surface area contributed by atoms with Crippen LogP contribution in [-0.4, -0.2) is 9.13 Å². The highest BCUT2D eigenvalue weighted by molar-refractivity contribution is 7.16. The van der Waals surface area contributed by atoms with E-state index in [1.54, 1.807) is 0 Å². The van der Waals surface area contributed by atoms with Crippen LogP contribution in [-0.2, 0) is 16.2 Å². The van der Waals surface area contributed by atoms with Gasteiger partial charge in [0.1, 0.15) is 0 Å². The van der Waals surface area contributed by atoms with Crippen LogP contribution in [0.3, 0.4) is 0 Å². The molecule has 0 atom stereocenters. The molecule has 4 aromatic heterocycles. The molecule has 0 saturated carbocycles. The second-order valence-electron chi connectivity index (χ2n) is 25.3. The van der Waals surface area contributed by atoms with Crippen LogP contribution in [0.4, 0.5) is 0 Å². The lowest BCUT2D eigenvalue weighted by molar-refractivity contribution is 0.590. The molecule has 0 aliphatic heterocycles. The number of para-hydroxylation sites is 2. The Morgan fingerprint density at radius 3 is 1.14 bits per heavy atom. The third kappa shape index (κ3) is 8.25. The number of hydrogen-bond donors (Lipinski definition) is 0. The maximum atomic E-state index is 2.47. The van der Waals surface area contributed by atoms with Gasteiger partial charge in [-0.25, -0.2) is 0 Å². The summed E-state index contributed by atoms with van der Waals surface area (Å²) in [4.78, 5) is 4.97. The Kier molecular flexibility index (Phi) is 11.7. The van der Waals surface area contributed by atoms with Crippen LogP contribution in [0.1, 0.15) is 95.8 Å². The van der Waals surface area contributed by atoms with Gasteiger partial charge in [0, 0.05) is 52.4 Å². The molecule has 0 amide bonds. The maximum Gasteiger partial charge on any atom is 0.0725 e. The first kappa shape index (κ1) is 51.3. The average Bonchev–Trinajstić information content (AvgIpc) is 1.54. The van der Waals surface area contributed by atoms with Crippen molar-refractivity contribution < 1.29 is 0 Å². The molecule has 0 unspecified atom stereocenters. The third-order valence-electron chi connectivity index (χ3n) is 18.2. The lowest BCUT2D eigenvalue weighted by Crippen LogP contribution is -2.26. The Morgan fingerprint density at radius 2 is 0.706 bits per heavy atom. The van der Waals surface area contributed by atoms with Gasteiger partial charge in [-0.3, -0.25) is 0 Å². The summed E-state index contributed by atoms with van der Waals surface area (Å²) in [6.07, 6.45) is 9.23. The van der Waals surface area contributed by atoms with E-state index in [9.17, 15) is 0 Å². The maximum absolute atomic E-state index is 2.47. The summed E-state index contributed by atoms with van der Waals surface area (Å²) >= 11 is 3.69. The molecule has 14 aromatic rings. The van der Waals surface area contributed by atoms with Gasteiger partial charge in [0.2, 0.25) is 0 Å². The lowest BCUT2D eigenvalue weighted by atomic mass is 9.70. The van der Waals surface area contributed by atoms with Gasteiger partial charge in [0.25, 0.3) is 0 Å². The van der Waals surface area contributed by atoms with E-state index in [1.807, 2.05) is 22.7 Å². The van der Waals surface area contributed by atoms with Crippen LogP contribution in [0.25, 0.3) is 122 Å². The standard InChI is InChI=1S/C81H62N2S2/c1-79(2,3)55-29-33-57(34-30-55)82-73-21-13-9-17-65(73)67-49-53(27-43-75(67)82)77-45-39-59(84-77)37-23-51-25-41-63-64-42-26-52(48-72(64)81(71(63)47-51)69-19-11-7-15-61(69)62-16-8-12-20-70(62)81)24-38-60-40-46-78(85-60)54-28-44-76-68(50-54)66-18-10-14-22-74(66)83(76)58-35-31-56(32-36-58)80(4,5)6/h7-50H,1-6H3. The van der Waals surface area contributed by atoms with Gasteiger partial charge < -0.3 is 9.13 Å². The highest BCUT2D eigenvalue weighted by Crippen LogP contribution is 2.63. The summed E-state index contributed by atoms with van der Waals surface area (Å²) in [5.74, 6) is 0. The number of thiophene rings is 2. The van der Waals surface area contributed by atoms with Crippen molar-refractivity contribution in [2.75, 3.05) is 0 Å². The smallest absolute Gasteiger partial charge is 0.0725 e. The lowest BCUT2D eigenvalue weighted by Gasteiger charge is -2.30. The van der Waals surface area contributed by atoms with E-state index in [0.29, 0.717) is 0 Å². The first-order valence-corrected chi connectivity index (χ1v) is 31.3. The zero-order valence-corrected chi connectivity index (χ0v) is 50.2. The Morgan fingerprint density at radius 1 is 0.318 bits per heavy atom. The van der Waals surface area contributed by atoms with Gasteiger partial charge in [-0.2, -0.15) is 0 Å². The predicted octanol–water partition coefficient (Wildman–Crippen LogP) is 22.6. The molecule has 0 bridgehead atoms. The molecule has 4 heteroatoms. The van der Waals surface area contributed by atoms with Crippen LogP contribution >= 0.6 is 22.7 Å². The summed E-state index contributed by atoms with van der Waals surface area (Å²) in [6, 6.07) is 91.5. The van der Waals surface area contributed by atoms with E-state index < -0.39 is 5.41 Å². The van der Waals surface area contributed by atoms with Crippen molar-refractivity contribution in [2.45, 2.75) is 57.8 Å². The SMILES string of the molecule is CC(C)(C)c1ccc(-n2c3ccccc3c3cc(-c4ccc(C=Cc5ccc6c(c5)C5(c7ccccc7-c7ccccc75)c5cc(C=Cc7ccc(-c8ccc9c(c8)c8ccccc8n9-c8ccc(C(C)(C)C)cc8)s7)ccc5-6)s4)ccc32)cc1. The number of nitrogens with zero attached hydrogens (tertiary/aromatic N) is 2. The van der Waals surface area contributed by atoms with Gasteiger partial charge in [-0.05, 0) is 198 Å². The third-order valence-corrected chi connectivity index (χ3v) is 20.4. The Hall–Kier alpha value is -9.32. The Bertz CT molecular complexity index is 4750. The van der Waals surface area contributed by atoms with Crippen molar-refractivity contribution in [1.29, 1.82) is 0 Å². The molecule has 4 heterocycles. The van der Waals surface area contributed by atoms with E-state index in [0.717, 1.165) is 0 Å². The second kappa shape index (κ2) is 19.4. The molecule has 0 N–H and O–H groups in total.